The predicted octanol–water partition coefficient (Wildman–Crippen LogP) is 3.02. The zero-order chi connectivity index (χ0) is 18.0. The SMILES string of the molecule is COCC(=O)NC1CC2(CCN(Cc3ccco3)CC2)c2ccccc21. The molecule has 1 aromatic heterocycles. The van der Waals surface area contributed by atoms with Crippen molar-refractivity contribution in [1.29, 1.82) is 0 Å². The predicted molar refractivity (Wildman–Crippen MR) is 98.7 cm³/mol. The Kier molecular flexibility index (Phi) is 4.83. The maximum absolute atomic E-state index is 12.1. The Labute approximate surface area is 154 Å². The van der Waals surface area contributed by atoms with Gasteiger partial charge in [0.2, 0.25) is 5.91 Å². The molecule has 2 heterocycles. The highest BCUT2D eigenvalue weighted by Gasteiger charge is 2.45. The number of rotatable bonds is 5. The molecule has 1 amide bonds. The number of benzene rings is 1. The third-order valence-corrected chi connectivity index (χ3v) is 5.89. The van der Waals surface area contributed by atoms with Gasteiger partial charge in [-0.05, 0) is 55.6 Å². The minimum Gasteiger partial charge on any atom is -0.468 e. The van der Waals surface area contributed by atoms with Crippen LogP contribution in [0.15, 0.2) is 47.1 Å². The van der Waals surface area contributed by atoms with Crippen molar-refractivity contribution in [2.75, 3.05) is 26.8 Å². The summed E-state index contributed by atoms with van der Waals surface area (Å²) >= 11 is 0. The lowest BCUT2D eigenvalue weighted by Gasteiger charge is -2.40. The van der Waals surface area contributed by atoms with Gasteiger partial charge in [-0.15, -0.1) is 0 Å². The fourth-order valence-corrected chi connectivity index (χ4v) is 4.63. The molecule has 1 atom stereocenters. The molecule has 1 saturated heterocycles. The van der Waals surface area contributed by atoms with E-state index < -0.39 is 0 Å². The van der Waals surface area contributed by atoms with Gasteiger partial charge in [0.25, 0.3) is 0 Å². The molecule has 2 aromatic rings. The second kappa shape index (κ2) is 7.25. The summed E-state index contributed by atoms with van der Waals surface area (Å²) in [5.74, 6) is 0.983. The number of furan rings is 1. The molecule has 5 heteroatoms. The van der Waals surface area contributed by atoms with Crippen LogP contribution in [-0.2, 0) is 21.5 Å². The van der Waals surface area contributed by atoms with Crippen LogP contribution in [-0.4, -0.2) is 37.6 Å². The van der Waals surface area contributed by atoms with E-state index in [4.69, 9.17) is 9.15 Å². The average Bonchev–Trinajstić information content (AvgIpc) is 3.25. The summed E-state index contributed by atoms with van der Waals surface area (Å²) in [7, 11) is 1.55. The summed E-state index contributed by atoms with van der Waals surface area (Å²) in [5, 5.41) is 3.16. The lowest BCUT2D eigenvalue weighted by atomic mass is 9.73. The van der Waals surface area contributed by atoms with Gasteiger partial charge in [0.1, 0.15) is 12.4 Å². The van der Waals surface area contributed by atoms with Gasteiger partial charge in [0, 0.05) is 12.5 Å². The molecule has 26 heavy (non-hydrogen) atoms. The molecule has 0 radical (unpaired) electrons. The highest BCUT2D eigenvalue weighted by atomic mass is 16.5. The van der Waals surface area contributed by atoms with Crippen LogP contribution in [0, 0.1) is 0 Å². The van der Waals surface area contributed by atoms with Gasteiger partial charge in [-0.1, -0.05) is 24.3 Å². The zero-order valence-corrected chi connectivity index (χ0v) is 15.2. The van der Waals surface area contributed by atoms with Crippen molar-refractivity contribution in [2.24, 2.45) is 0 Å². The number of fused-ring (bicyclic) bond motifs is 2. The van der Waals surface area contributed by atoms with Crippen LogP contribution >= 0.6 is 0 Å². The molecule has 2 aliphatic rings. The molecule has 1 fully saturated rings. The lowest BCUT2D eigenvalue weighted by molar-refractivity contribution is -0.125. The smallest absolute Gasteiger partial charge is 0.246 e. The first-order valence-corrected chi connectivity index (χ1v) is 9.33. The van der Waals surface area contributed by atoms with Gasteiger partial charge in [-0.3, -0.25) is 9.69 Å². The van der Waals surface area contributed by atoms with Crippen LogP contribution < -0.4 is 5.32 Å². The van der Waals surface area contributed by atoms with E-state index in [1.54, 1.807) is 13.4 Å². The molecular weight excluding hydrogens is 328 g/mol. The van der Waals surface area contributed by atoms with Crippen LogP contribution in [0.5, 0.6) is 0 Å². The molecule has 1 spiro atoms. The van der Waals surface area contributed by atoms with Crippen LogP contribution in [0.3, 0.4) is 0 Å². The highest BCUT2D eigenvalue weighted by molar-refractivity contribution is 5.78. The van der Waals surface area contributed by atoms with Gasteiger partial charge < -0.3 is 14.5 Å². The molecule has 5 nitrogen and oxygen atoms in total. The standard InChI is InChI=1S/C21H26N2O3/c1-25-15-20(24)22-19-13-21(18-7-3-2-6-17(18)19)8-10-23(11-9-21)14-16-5-4-12-26-16/h2-7,12,19H,8-11,13-15H2,1H3,(H,22,24). The Morgan fingerprint density at radius 3 is 2.81 bits per heavy atom. The van der Waals surface area contributed by atoms with Crippen LogP contribution in [0.25, 0.3) is 0 Å². The normalized spacial score (nSPS) is 21.7. The van der Waals surface area contributed by atoms with E-state index in [1.807, 2.05) is 12.1 Å². The molecule has 1 aliphatic carbocycles. The number of piperidine rings is 1. The van der Waals surface area contributed by atoms with Crippen LogP contribution in [0.2, 0.25) is 0 Å². The summed E-state index contributed by atoms with van der Waals surface area (Å²) in [6.07, 6.45) is 4.94. The molecular formula is C21H26N2O3. The number of nitrogens with one attached hydrogen (secondary N) is 1. The lowest BCUT2D eigenvalue weighted by Crippen LogP contribution is -2.41. The minimum atomic E-state index is -0.0420. The number of hydrogen-bond acceptors (Lipinski definition) is 4. The van der Waals surface area contributed by atoms with Crippen LogP contribution in [0.1, 0.15) is 42.2 Å². The monoisotopic (exact) mass is 354 g/mol. The van der Waals surface area contributed by atoms with E-state index in [2.05, 4.69) is 34.5 Å². The number of likely N-dealkylation sites (tertiary alicyclic amines) is 1. The Hall–Kier alpha value is -2.11. The third-order valence-electron chi connectivity index (χ3n) is 5.89. The van der Waals surface area contributed by atoms with Gasteiger partial charge in [-0.2, -0.15) is 0 Å². The number of carbonyl (C=O) groups excluding carboxylic acids is 1. The van der Waals surface area contributed by atoms with Crippen molar-refractivity contribution < 1.29 is 13.9 Å². The van der Waals surface area contributed by atoms with E-state index in [9.17, 15) is 4.79 Å². The largest absolute Gasteiger partial charge is 0.468 e. The number of ether oxygens (including phenoxy) is 1. The Morgan fingerprint density at radius 2 is 2.08 bits per heavy atom. The Balaban J connectivity index is 1.48. The highest BCUT2D eigenvalue weighted by Crippen LogP contribution is 2.50. The molecule has 0 bridgehead atoms. The van der Waals surface area contributed by atoms with Crippen molar-refractivity contribution in [2.45, 2.75) is 37.3 Å². The fraction of sp³-hybridized carbons (Fsp3) is 0.476. The van der Waals surface area contributed by atoms with Crippen molar-refractivity contribution in [3.8, 4) is 0 Å². The van der Waals surface area contributed by atoms with Crippen molar-refractivity contribution >= 4 is 5.91 Å². The number of nitrogens with zero attached hydrogens (tertiary/aromatic N) is 1. The quantitative estimate of drug-likeness (QED) is 0.897. The molecule has 1 aliphatic heterocycles. The first kappa shape index (κ1) is 17.3. The maximum atomic E-state index is 12.1. The molecule has 138 valence electrons. The summed E-state index contributed by atoms with van der Waals surface area (Å²) in [6.45, 7) is 3.09. The fourth-order valence-electron chi connectivity index (χ4n) is 4.63. The van der Waals surface area contributed by atoms with Crippen molar-refractivity contribution in [1.82, 2.24) is 10.2 Å². The van der Waals surface area contributed by atoms with Crippen molar-refractivity contribution in [3.63, 3.8) is 0 Å². The van der Waals surface area contributed by atoms with Crippen molar-refractivity contribution in [3.05, 3.63) is 59.5 Å². The number of carbonyl (C=O) groups is 1. The zero-order valence-electron chi connectivity index (χ0n) is 15.2. The van der Waals surface area contributed by atoms with E-state index in [-0.39, 0.29) is 24.0 Å². The molecule has 1 aromatic carbocycles. The van der Waals surface area contributed by atoms with Gasteiger partial charge >= 0.3 is 0 Å². The van der Waals surface area contributed by atoms with E-state index in [0.717, 1.165) is 44.7 Å². The second-order valence-corrected chi connectivity index (χ2v) is 7.48. The number of methoxy groups -OCH3 is 1. The summed E-state index contributed by atoms with van der Waals surface area (Å²) in [6, 6.07) is 12.7. The maximum Gasteiger partial charge on any atom is 0.246 e. The van der Waals surface area contributed by atoms with Crippen LogP contribution in [0.4, 0.5) is 0 Å². The Morgan fingerprint density at radius 1 is 1.27 bits per heavy atom. The third kappa shape index (κ3) is 3.29. The second-order valence-electron chi connectivity index (χ2n) is 7.48. The molecule has 4 rings (SSSR count). The molecule has 1 unspecified atom stereocenters. The summed E-state index contributed by atoms with van der Waals surface area (Å²) < 4.78 is 10.5. The van der Waals surface area contributed by atoms with Gasteiger partial charge in [0.15, 0.2) is 0 Å². The van der Waals surface area contributed by atoms with E-state index >= 15 is 0 Å². The minimum absolute atomic E-state index is 0.0420. The molecule has 0 saturated carbocycles. The van der Waals surface area contributed by atoms with Gasteiger partial charge in [0.05, 0.1) is 18.8 Å². The number of hydrogen-bond donors (Lipinski definition) is 1. The van der Waals surface area contributed by atoms with E-state index in [0.29, 0.717) is 0 Å². The first-order valence-electron chi connectivity index (χ1n) is 9.33. The Bertz CT molecular complexity index is 748. The summed E-state index contributed by atoms with van der Waals surface area (Å²) in [4.78, 5) is 14.5. The molecule has 1 N–H and O–H groups in total. The first-order chi connectivity index (χ1) is 12.7. The van der Waals surface area contributed by atoms with E-state index in [1.165, 1.54) is 11.1 Å². The topological polar surface area (TPSA) is 54.7 Å². The number of amides is 1. The average molecular weight is 354 g/mol. The summed E-state index contributed by atoms with van der Waals surface area (Å²) in [5.41, 5.74) is 2.86. The van der Waals surface area contributed by atoms with Gasteiger partial charge in [-0.25, -0.2) is 0 Å².